The molecule has 0 bridgehead atoms. The molecule has 0 aromatic carbocycles. The fourth-order valence-corrected chi connectivity index (χ4v) is 1.37. The number of hydrogen-bond donors (Lipinski definition) is 0. The zero-order valence-corrected chi connectivity index (χ0v) is 7.92. The Hall–Kier alpha value is -0.390. The number of nitrogens with zero attached hydrogens (tertiary/aromatic N) is 2. The van der Waals surface area contributed by atoms with Gasteiger partial charge in [-0.3, -0.25) is 9.48 Å². The van der Waals surface area contributed by atoms with Crippen molar-refractivity contribution >= 4 is 28.9 Å². The number of carbonyl (C=O) groups is 1. The zero-order valence-electron chi connectivity index (χ0n) is 5.76. The molecule has 0 radical (unpaired) electrons. The number of aromatic nitrogens is 2. The minimum absolute atomic E-state index is 0.657. The first-order chi connectivity index (χ1) is 4.66. The second kappa shape index (κ2) is 2.69. The Morgan fingerprint density at radius 1 is 1.70 bits per heavy atom. The molecule has 0 amide bonds. The molecule has 10 heavy (non-hydrogen) atoms. The van der Waals surface area contributed by atoms with Crippen molar-refractivity contribution in [2.45, 2.75) is 6.92 Å². The van der Waals surface area contributed by atoms with Crippen molar-refractivity contribution in [1.82, 2.24) is 9.78 Å². The van der Waals surface area contributed by atoms with Crippen molar-refractivity contribution in [2.24, 2.45) is 7.05 Å². The number of aryl methyl sites for hydroxylation is 1. The van der Waals surface area contributed by atoms with Crippen molar-refractivity contribution in [1.29, 1.82) is 0 Å². The molecule has 1 rings (SSSR count). The SMILES string of the molecule is Cc1c(I)nn(C)c1C=O. The Bertz CT molecular complexity index is 267. The molecule has 1 aromatic heterocycles. The topological polar surface area (TPSA) is 34.9 Å². The average molecular weight is 250 g/mol. The van der Waals surface area contributed by atoms with Gasteiger partial charge in [-0.15, -0.1) is 0 Å². The highest BCUT2D eigenvalue weighted by molar-refractivity contribution is 14.1. The molecule has 3 nitrogen and oxygen atoms in total. The quantitative estimate of drug-likeness (QED) is 0.553. The van der Waals surface area contributed by atoms with Crippen LogP contribution >= 0.6 is 22.6 Å². The van der Waals surface area contributed by atoms with Gasteiger partial charge in [0.05, 0.1) is 0 Å². The summed E-state index contributed by atoms with van der Waals surface area (Å²) in [5.74, 6) is 0. The zero-order chi connectivity index (χ0) is 7.72. The van der Waals surface area contributed by atoms with Crippen molar-refractivity contribution in [3.63, 3.8) is 0 Å². The van der Waals surface area contributed by atoms with Gasteiger partial charge in [-0.1, -0.05) is 0 Å². The Balaban J connectivity index is 3.33. The van der Waals surface area contributed by atoms with Gasteiger partial charge in [0.1, 0.15) is 9.39 Å². The van der Waals surface area contributed by atoms with Gasteiger partial charge in [0.15, 0.2) is 6.29 Å². The molecule has 1 heterocycles. The van der Waals surface area contributed by atoms with E-state index in [9.17, 15) is 4.79 Å². The van der Waals surface area contributed by atoms with Crippen molar-refractivity contribution in [3.05, 3.63) is 15.0 Å². The van der Waals surface area contributed by atoms with Crippen LogP contribution in [0.5, 0.6) is 0 Å². The summed E-state index contributed by atoms with van der Waals surface area (Å²) in [7, 11) is 1.76. The minimum atomic E-state index is 0.657. The first-order valence-corrected chi connectivity index (χ1v) is 3.89. The van der Waals surface area contributed by atoms with Crippen LogP contribution in [0.2, 0.25) is 0 Å². The standard InChI is InChI=1S/C6H7IN2O/c1-4-5(3-10)9(2)8-6(4)7/h3H,1-2H3. The van der Waals surface area contributed by atoms with Gasteiger partial charge >= 0.3 is 0 Å². The minimum Gasteiger partial charge on any atom is -0.296 e. The molecule has 0 aliphatic carbocycles. The van der Waals surface area contributed by atoms with E-state index < -0.39 is 0 Å². The fourth-order valence-electron chi connectivity index (χ4n) is 0.774. The molecule has 0 fully saturated rings. The molecule has 54 valence electrons. The second-order valence-electron chi connectivity index (χ2n) is 2.04. The van der Waals surface area contributed by atoms with E-state index in [1.54, 1.807) is 11.7 Å². The van der Waals surface area contributed by atoms with Gasteiger partial charge in [-0.05, 0) is 29.5 Å². The van der Waals surface area contributed by atoms with Crippen LogP contribution in [0.4, 0.5) is 0 Å². The number of carbonyl (C=O) groups excluding carboxylic acids is 1. The highest BCUT2D eigenvalue weighted by Gasteiger charge is 2.07. The van der Waals surface area contributed by atoms with Crippen molar-refractivity contribution in [3.8, 4) is 0 Å². The van der Waals surface area contributed by atoms with Crippen LogP contribution < -0.4 is 0 Å². The molecule has 0 atom stereocenters. The largest absolute Gasteiger partial charge is 0.296 e. The summed E-state index contributed by atoms with van der Waals surface area (Å²) < 4.78 is 2.48. The maximum absolute atomic E-state index is 10.4. The van der Waals surface area contributed by atoms with Gasteiger partial charge in [0.2, 0.25) is 0 Å². The van der Waals surface area contributed by atoms with E-state index in [-0.39, 0.29) is 0 Å². The lowest BCUT2D eigenvalue weighted by Gasteiger charge is -1.89. The Labute approximate surface area is 72.6 Å². The molecule has 1 aromatic rings. The summed E-state index contributed by atoms with van der Waals surface area (Å²) in [6.07, 6.45) is 0.824. The molecule has 0 aliphatic rings. The lowest BCUT2D eigenvalue weighted by atomic mass is 10.3. The van der Waals surface area contributed by atoms with E-state index in [2.05, 4.69) is 27.7 Å². The van der Waals surface area contributed by atoms with Crippen molar-refractivity contribution < 1.29 is 4.79 Å². The van der Waals surface area contributed by atoms with E-state index in [0.29, 0.717) is 5.69 Å². The molecular weight excluding hydrogens is 243 g/mol. The summed E-state index contributed by atoms with van der Waals surface area (Å²) in [5, 5.41) is 4.05. The smallest absolute Gasteiger partial charge is 0.168 e. The summed E-state index contributed by atoms with van der Waals surface area (Å²) in [6, 6.07) is 0. The molecular formula is C6H7IN2O. The number of halogens is 1. The highest BCUT2D eigenvalue weighted by Crippen LogP contribution is 2.11. The maximum Gasteiger partial charge on any atom is 0.168 e. The first-order valence-electron chi connectivity index (χ1n) is 2.81. The summed E-state index contributed by atoms with van der Waals surface area (Å²) in [4.78, 5) is 10.4. The van der Waals surface area contributed by atoms with Crippen molar-refractivity contribution in [2.75, 3.05) is 0 Å². The number of hydrogen-bond acceptors (Lipinski definition) is 2. The monoisotopic (exact) mass is 250 g/mol. The van der Waals surface area contributed by atoms with E-state index in [0.717, 1.165) is 15.6 Å². The Morgan fingerprint density at radius 2 is 2.30 bits per heavy atom. The molecule has 0 unspecified atom stereocenters. The van der Waals surface area contributed by atoms with E-state index in [1.165, 1.54) is 0 Å². The average Bonchev–Trinajstić information content (AvgIpc) is 2.09. The van der Waals surface area contributed by atoms with E-state index in [4.69, 9.17) is 0 Å². The van der Waals surface area contributed by atoms with Crippen LogP contribution in [0.15, 0.2) is 0 Å². The Morgan fingerprint density at radius 3 is 2.50 bits per heavy atom. The van der Waals surface area contributed by atoms with Gasteiger partial charge < -0.3 is 0 Å². The number of rotatable bonds is 1. The van der Waals surface area contributed by atoms with Gasteiger partial charge in [-0.2, -0.15) is 5.10 Å². The lowest BCUT2D eigenvalue weighted by Crippen LogP contribution is -1.96. The molecule has 0 saturated carbocycles. The molecule has 4 heteroatoms. The number of aldehydes is 1. The van der Waals surface area contributed by atoms with Crippen LogP contribution in [0.1, 0.15) is 16.1 Å². The molecule has 0 spiro atoms. The second-order valence-corrected chi connectivity index (χ2v) is 3.06. The predicted molar refractivity (Wildman–Crippen MR) is 46.0 cm³/mol. The summed E-state index contributed by atoms with van der Waals surface area (Å²) in [6.45, 7) is 1.89. The van der Waals surface area contributed by atoms with Crippen LogP contribution in [0, 0.1) is 10.6 Å². The third-order valence-electron chi connectivity index (χ3n) is 1.39. The first kappa shape index (κ1) is 7.71. The third-order valence-corrected chi connectivity index (χ3v) is 2.42. The van der Waals surface area contributed by atoms with Gasteiger partial charge in [0, 0.05) is 12.6 Å². The third kappa shape index (κ3) is 1.07. The Kier molecular flexibility index (Phi) is 2.08. The lowest BCUT2D eigenvalue weighted by molar-refractivity contribution is 0.111. The summed E-state index contributed by atoms with van der Waals surface area (Å²) in [5.41, 5.74) is 1.61. The van der Waals surface area contributed by atoms with E-state index in [1.807, 2.05) is 6.92 Å². The highest BCUT2D eigenvalue weighted by atomic mass is 127. The van der Waals surface area contributed by atoms with Crippen LogP contribution in [-0.2, 0) is 7.05 Å². The predicted octanol–water partition coefficient (Wildman–Crippen LogP) is 1.15. The summed E-state index contributed by atoms with van der Waals surface area (Å²) >= 11 is 2.10. The van der Waals surface area contributed by atoms with Crippen LogP contribution in [0.3, 0.4) is 0 Å². The van der Waals surface area contributed by atoms with Gasteiger partial charge in [0.25, 0.3) is 0 Å². The molecule has 0 N–H and O–H groups in total. The molecule has 0 saturated heterocycles. The maximum atomic E-state index is 10.4. The molecule has 0 aliphatic heterocycles. The normalized spacial score (nSPS) is 9.90. The van der Waals surface area contributed by atoms with Gasteiger partial charge in [-0.25, -0.2) is 0 Å². The van der Waals surface area contributed by atoms with Crippen LogP contribution in [-0.4, -0.2) is 16.1 Å². The van der Waals surface area contributed by atoms with E-state index >= 15 is 0 Å². The fraction of sp³-hybridized carbons (Fsp3) is 0.333. The van der Waals surface area contributed by atoms with Crippen LogP contribution in [0.25, 0.3) is 0 Å².